The van der Waals surface area contributed by atoms with Gasteiger partial charge in [-0.15, -0.1) is 0 Å². The molecule has 3 aliphatic rings. The maximum Gasteiger partial charge on any atom is 0.228 e. The molecule has 1 amide bonds. The summed E-state index contributed by atoms with van der Waals surface area (Å²) in [6.07, 6.45) is 6.47. The summed E-state index contributed by atoms with van der Waals surface area (Å²) in [5.74, 6) is 0.346. The van der Waals surface area contributed by atoms with Gasteiger partial charge in [0.2, 0.25) is 5.91 Å². The Morgan fingerprint density at radius 3 is 2.88 bits per heavy atom. The third-order valence-electron chi connectivity index (χ3n) is 5.72. The van der Waals surface area contributed by atoms with Gasteiger partial charge in [0.05, 0.1) is 24.7 Å². The highest BCUT2D eigenvalue weighted by Gasteiger charge is 2.41. The molecular weight excluding hydrogens is 318 g/mol. The van der Waals surface area contributed by atoms with Crippen molar-refractivity contribution in [1.82, 2.24) is 14.8 Å². The standard InChI is InChI=1S/C19H27N3O3/c23-18(17-3-10-24-14-17)22-7-4-19(5-8-22)15-21(9-11-25-19)13-16-2-1-6-20-12-16/h1-2,6,12,17H,3-5,7-11,13-15H2. The quantitative estimate of drug-likeness (QED) is 0.827. The average molecular weight is 345 g/mol. The van der Waals surface area contributed by atoms with E-state index in [9.17, 15) is 4.79 Å². The Morgan fingerprint density at radius 1 is 1.28 bits per heavy atom. The van der Waals surface area contributed by atoms with Gasteiger partial charge in [0.1, 0.15) is 0 Å². The van der Waals surface area contributed by atoms with E-state index in [1.165, 1.54) is 5.56 Å². The van der Waals surface area contributed by atoms with Gasteiger partial charge >= 0.3 is 0 Å². The molecule has 0 aliphatic carbocycles. The minimum absolute atomic E-state index is 0.0726. The summed E-state index contributed by atoms with van der Waals surface area (Å²) in [4.78, 5) is 21.3. The summed E-state index contributed by atoms with van der Waals surface area (Å²) >= 11 is 0. The van der Waals surface area contributed by atoms with E-state index in [0.717, 1.165) is 65.2 Å². The average Bonchev–Trinajstić information content (AvgIpc) is 3.18. The molecule has 3 saturated heterocycles. The molecule has 4 rings (SSSR count). The fraction of sp³-hybridized carbons (Fsp3) is 0.684. The molecule has 1 aromatic rings. The van der Waals surface area contributed by atoms with Crippen LogP contribution in [0, 0.1) is 5.92 Å². The second-order valence-corrected chi connectivity index (χ2v) is 7.49. The van der Waals surface area contributed by atoms with Crippen LogP contribution < -0.4 is 0 Å². The number of amides is 1. The summed E-state index contributed by atoms with van der Waals surface area (Å²) in [7, 11) is 0. The van der Waals surface area contributed by atoms with Gasteiger partial charge in [-0.25, -0.2) is 0 Å². The third-order valence-corrected chi connectivity index (χ3v) is 5.72. The van der Waals surface area contributed by atoms with Crippen molar-refractivity contribution in [3.8, 4) is 0 Å². The largest absolute Gasteiger partial charge is 0.381 e. The van der Waals surface area contributed by atoms with E-state index in [4.69, 9.17) is 9.47 Å². The predicted molar refractivity (Wildman–Crippen MR) is 92.9 cm³/mol. The molecule has 6 nitrogen and oxygen atoms in total. The second-order valence-electron chi connectivity index (χ2n) is 7.49. The highest BCUT2D eigenvalue weighted by molar-refractivity contribution is 5.79. The SMILES string of the molecule is O=C(C1CCOC1)N1CCC2(CC1)CN(Cc1cccnc1)CCO2. The zero-order valence-corrected chi connectivity index (χ0v) is 14.7. The number of hydrogen-bond acceptors (Lipinski definition) is 5. The Morgan fingerprint density at radius 2 is 2.16 bits per heavy atom. The number of nitrogens with zero attached hydrogens (tertiary/aromatic N) is 3. The maximum atomic E-state index is 12.6. The van der Waals surface area contributed by atoms with E-state index in [2.05, 4.69) is 16.0 Å². The molecule has 6 heteroatoms. The van der Waals surface area contributed by atoms with Crippen LogP contribution in [-0.2, 0) is 20.8 Å². The predicted octanol–water partition coefficient (Wildman–Crippen LogP) is 1.31. The molecule has 0 N–H and O–H groups in total. The van der Waals surface area contributed by atoms with Crippen LogP contribution in [0.25, 0.3) is 0 Å². The van der Waals surface area contributed by atoms with Crippen LogP contribution in [0.2, 0.25) is 0 Å². The van der Waals surface area contributed by atoms with Gasteiger partial charge in [-0.3, -0.25) is 14.7 Å². The topological polar surface area (TPSA) is 54.9 Å². The first-order chi connectivity index (χ1) is 12.2. The molecule has 25 heavy (non-hydrogen) atoms. The first-order valence-electron chi connectivity index (χ1n) is 9.36. The van der Waals surface area contributed by atoms with Gasteiger partial charge in [0.25, 0.3) is 0 Å². The molecule has 0 radical (unpaired) electrons. The van der Waals surface area contributed by atoms with E-state index in [-0.39, 0.29) is 17.4 Å². The van der Waals surface area contributed by atoms with Gasteiger partial charge in [0, 0.05) is 51.7 Å². The van der Waals surface area contributed by atoms with Crippen LogP contribution in [0.15, 0.2) is 24.5 Å². The molecule has 0 bridgehead atoms. The van der Waals surface area contributed by atoms with Gasteiger partial charge < -0.3 is 14.4 Å². The van der Waals surface area contributed by atoms with Crippen molar-refractivity contribution in [1.29, 1.82) is 0 Å². The lowest BCUT2D eigenvalue weighted by molar-refractivity contribution is -0.153. The Bertz CT molecular complexity index is 581. The number of pyridine rings is 1. The smallest absolute Gasteiger partial charge is 0.228 e. The fourth-order valence-electron chi connectivity index (χ4n) is 4.23. The summed E-state index contributed by atoms with van der Waals surface area (Å²) < 4.78 is 11.6. The first-order valence-corrected chi connectivity index (χ1v) is 9.36. The van der Waals surface area contributed by atoms with Crippen molar-refractivity contribution in [2.75, 3.05) is 46.0 Å². The summed E-state index contributed by atoms with van der Waals surface area (Å²) in [6, 6.07) is 4.11. The number of piperidine rings is 1. The lowest BCUT2D eigenvalue weighted by Gasteiger charge is -2.47. The molecule has 1 unspecified atom stereocenters. The lowest BCUT2D eigenvalue weighted by Crippen LogP contribution is -2.57. The molecule has 3 aliphatic heterocycles. The summed E-state index contributed by atoms with van der Waals surface area (Å²) in [5.41, 5.74) is 1.15. The fourth-order valence-corrected chi connectivity index (χ4v) is 4.23. The van der Waals surface area contributed by atoms with E-state index in [0.29, 0.717) is 6.61 Å². The van der Waals surface area contributed by atoms with Crippen LogP contribution in [0.3, 0.4) is 0 Å². The number of morpholine rings is 1. The van der Waals surface area contributed by atoms with E-state index < -0.39 is 0 Å². The second kappa shape index (κ2) is 7.40. The van der Waals surface area contributed by atoms with Gasteiger partial charge in [0.15, 0.2) is 0 Å². The zero-order valence-electron chi connectivity index (χ0n) is 14.7. The van der Waals surface area contributed by atoms with Crippen LogP contribution >= 0.6 is 0 Å². The van der Waals surface area contributed by atoms with E-state index in [1.54, 1.807) is 0 Å². The Hall–Kier alpha value is -1.50. The molecule has 3 fully saturated rings. The number of carbonyl (C=O) groups is 1. The van der Waals surface area contributed by atoms with Gasteiger partial charge in [-0.1, -0.05) is 6.07 Å². The van der Waals surface area contributed by atoms with Crippen LogP contribution in [-0.4, -0.2) is 72.3 Å². The van der Waals surface area contributed by atoms with E-state index in [1.807, 2.05) is 23.4 Å². The Balaban J connectivity index is 1.33. The van der Waals surface area contributed by atoms with Crippen LogP contribution in [0.5, 0.6) is 0 Å². The molecule has 136 valence electrons. The molecule has 1 spiro atoms. The van der Waals surface area contributed by atoms with Crippen molar-refractivity contribution in [2.45, 2.75) is 31.4 Å². The Labute approximate surface area is 149 Å². The first kappa shape index (κ1) is 16.9. The molecular formula is C19H27N3O3. The molecule has 4 heterocycles. The Kier molecular flexibility index (Phi) is 5.01. The maximum absolute atomic E-state index is 12.6. The lowest BCUT2D eigenvalue weighted by atomic mass is 9.88. The highest BCUT2D eigenvalue weighted by atomic mass is 16.5. The third kappa shape index (κ3) is 3.86. The molecule has 1 aromatic heterocycles. The van der Waals surface area contributed by atoms with Crippen LogP contribution in [0.1, 0.15) is 24.8 Å². The number of carbonyl (C=O) groups excluding carboxylic acids is 1. The molecule has 0 aromatic carbocycles. The van der Waals surface area contributed by atoms with Gasteiger partial charge in [-0.2, -0.15) is 0 Å². The minimum atomic E-state index is -0.0938. The number of rotatable bonds is 3. The van der Waals surface area contributed by atoms with Crippen molar-refractivity contribution in [2.24, 2.45) is 5.92 Å². The minimum Gasteiger partial charge on any atom is -0.381 e. The molecule has 0 saturated carbocycles. The van der Waals surface area contributed by atoms with Gasteiger partial charge in [-0.05, 0) is 30.9 Å². The molecule has 1 atom stereocenters. The van der Waals surface area contributed by atoms with E-state index >= 15 is 0 Å². The number of likely N-dealkylation sites (tertiary alicyclic amines) is 1. The zero-order chi connectivity index (χ0) is 17.1. The van der Waals surface area contributed by atoms with Crippen molar-refractivity contribution in [3.05, 3.63) is 30.1 Å². The number of ether oxygens (including phenoxy) is 2. The van der Waals surface area contributed by atoms with Crippen molar-refractivity contribution < 1.29 is 14.3 Å². The van der Waals surface area contributed by atoms with Crippen LogP contribution in [0.4, 0.5) is 0 Å². The monoisotopic (exact) mass is 345 g/mol. The summed E-state index contributed by atoms with van der Waals surface area (Å²) in [6.45, 7) is 6.50. The highest BCUT2D eigenvalue weighted by Crippen LogP contribution is 2.31. The number of aromatic nitrogens is 1. The summed E-state index contributed by atoms with van der Waals surface area (Å²) in [5, 5.41) is 0. The van der Waals surface area contributed by atoms with Crippen molar-refractivity contribution in [3.63, 3.8) is 0 Å². The normalized spacial score (nSPS) is 26.9. The van der Waals surface area contributed by atoms with Crippen molar-refractivity contribution >= 4 is 5.91 Å². The number of hydrogen-bond donors (Lipinski definition) is 0.